The first-order valence-electron chi connectivity index (χ1n) is 8.53. The first-order chi connectivity index (χ1) is 13.7. The highest BCUT2D eigenvalue weighted by Gasteiger charge is 2.30. The molecule has 0 aliphatic heterocycles. The average molecular weight is 463 g/mol. The van der Waals surface area contributed by atoms with Crippen LogP contribution < -0.4 is 4.80 Å². The van der Waals surface area contributed by atoms with Crippen LogP contribution in [0, 0.1) is 0 Å². The van der Waals surface area contributed by atoms with E-state index in [9.17, 15) is 18.0 Å². The lowest BCUT2D eigenvalue weighted by Gasteiger charge is -2.08. The highest BCUT2D eigenvalue weighted by atomic mass is 35.5. The molecule has 0 radical (unpaired) electrons. The lowest BCUT2D eigenvalue weighted by molar-refractivity contribution is -0.137. The molecule has 0 bridgehead atoms. The van der Waals surface area contributed by atoms with Crippen LogP contribution in [0.3, 0.4) is 0 Å². The van der Waals surface area contributed by atoms with Crippen LogP contribution in [0.25, 0.3) is 10.2 Å². The first-order valence-corrected chi connectivity index (χ1v) is 10.1. The third kappa shape index (κ3) is 4.83. The molecular formula is C19H15Cl2F3N2O2S. The van der Waals surface area contributed by atoms with Gasteiger partial charge >= 0.3 is 6.18 Å². The summed E-state index contributed by atoms with van der Waals surface area (Å²) in [7, 11) is 0. The van der Waals surface area contributed by atoms with Gasteiger partial charge in [0.1, 0.15) is 0 Å². The van der Waals surface area contributed by atoms with Gasteiger partial charge < -0.3 is 9.30 Å². The minimum atomic E-state index is -4.55. The van der Waals surface area contributed by atoms with Gasteiger partial charge in [0, 0.05) is 18.7 Å². The summed E-state index contributed by atoms with van der Waals surface area (Å²) in [6.45, 7) is 3.05. The Morgan fingerprint density at radius 3 is 2.69 bits per heavy atom. The molecule has 0 saturated carbocycles. The summed E-state index contributed by atoms with van der Waals surface area (Å²) in [6, 6.07) is 7.54. The van der Waals surface area contributed by atoms with Crippen LogP contribution in [0.1, 0.15) is 22.8 Å². The van der Waals surface area contributed by atoms with Gasteiger partial charge in [-0.2, -0.15) is 18.2 Å². The number of alkyl halides is 3. The smallest absolute Gasteiger partial charge is 0.380 e. The van der Waals surface area contributed by atoms with Gasteiger partial charge in [-0.15, -0.1) is 0 Å². The van der Waals surface area contributed by atoms with Gasteiger partial charge in [0.2, 0.25) is 0 Å². The zero-order valence-corrected chi connectivity index (χ0v) is 17.4. The van der Waals surface area contributed by atoms with Crippen LogP contribution in [0.5, 0.6) is 0 Å². The average Bonchev–Trinajstić information content (AvgIpc) is 3.02. The van der Waals surface area contributed by atoms with Gasteiger partial charge in [-0.25, -0.2) is 0 Å². The van der Waals surface area contributed by atoms with Crippen LogP contribution in [-0.4, -0.2) is 23.7 Å². The first kappa shape index (κ1) is 21.8. The van der Waals surface area contributed by atoms with Crippen molar-refractivity contribution in [2.75, 3.05) is 13.2 Å². The Morgan fingerprint density at radius 2 is 2.00 bits per heavy atom. The van der Waals surface area contributed by atoms with Crippen molar-refractivity contribution in [1.29, 1.82) is 0 Å². The molecule has 3 rings (SSSR count). The van der Waals surface area contributed by atoms with Crippen molar-refractivity contribution < 1.29 is 22.7 Å². The number of aromatic nitrogens is 1. The zero-order chi connectivity index (χ0) is 21.2. The number of benzene rings is 2. The van der Waals surface area contributed by atoms with Crippen molar-refractivity contribution in [3.05, 3.63) is 62.4 Å². The number of nitrogens with zero attached hydrogens (tertiary/aromatic N) is 2. The molecule has 2 aromatic carbocycles. The number of thiazole rings is 1. The maximum absolute atomic E-state index is 12.9. The van der Waals surface area contributed by atoms with Gasteiger partial charge in [0.05, 0.1) is 32.4 Å². The molecular weight excluding hydrogens is 448 g/mol. The zero-order valence-electron chi connectivity index (χ0n) is 15.1. The second-order valence-corrected chi connectivity index (χ2v) is 7.73. The molecule has 1 heterocycles. The Balaban J connectivity index is 2.10. The van der Waals surface area contributed by atoms with E-state index in [2.05, 4.69) is 4.99 Å². The monoisotopic (exact) mass is 462 g/mol. The molecule has 1 aromatic heterocycles. The molecule has 3 aromatic rings. The van der Waals surface area contributed by atoms with E-state index in [1.54, 1.807) is 16.7 Å². The van der Waals surface area contributed by atoms with Gasteiger partial charge in [-0.05, 0) is 37.3 Å². The number of ether oxygens (including phenoxy) is 1. The Morgan fingerprint density at radius 1 is 1.24 bits per heavy atom. The number of fused-ring (bicyclic) bond motifs is 1. The number of carbonyl (C=O) groups is 1. The van der Waals surface area contributed by atoms with Crippen molar-refractivity contribution in [1.82, 2.24) is 4.57 Å². The number of hydrogen-bond donors (Lipinski definition) is 0. The summed E-state index contributed by atoms with van der Waals surface area (Å²) in [5.74, 6) is -0.782. The van der Waals surface area contributed by atoms with Crippen molar-refractivity contribution in [2.45, 2.75) is 19.6 Å². The molecule has 1 amide bonds. The van der Waals surface area contributed by atoms with E-state index >= 15 is 0 Å². The quantitative estimate of drug-likeness (QED) is 0.449. The molecule has 0 N–H and O–H groups in total. The molecule has 29 heavy (non-hydrogen) atoms. The van der Waals surface area contributed by atoms with Crippen LogP contribution in [0.4, 0.5) is 13.2 Å². The van der Waals surface area contributed by atoms with Gasteiger partial charge in [-0.3, -0.25) is 4.79 Å². The number of rotatable bonds is 5. The summed E-state index contributed by atoms with van der Waals surface area (Å²) in [5.41, 5.74) is -0.467. The van der Waals surface area contributed by atoms with Crippen LogP contribution in [0.2, 0.25) is 10.0 Å². The Hall–Kier alpha value is -1.87. The number of carbonyl (C=O) groups excluding carboxylic acids is 1. The lowest BCUT2D eigenvalue weighted by Crippen LogP contribution is -2.20. The predicted octanol–water partition coefficient (Wildman–Crippen LogP) is 5.81. The Kier molecular flexibility index (Phi) is 6.68. The Bertz CT molecular complexity index is 1120. The highest BCUT2D eigenvalue weighted by molar-refractivity contribution is 7.16. The SMILES string of the molecule is CCOCCn1c(=NC(=O)c2cccc(C(F)(F)F)c2)sc2ccc(Cl)c(Cl)c21. The fourth-order valence-electron chi connectivity index (χ4n) is 2.68. The van der Waals surface area contributed by atoms with Gasteiger partial charge in [0.15, 0.2) is 4.80 Å². The number of amides is 1. The fourth-order valence-corrected chi connectivity index (χ4v) is 4.21. The van der Waals surface area contributed by atoms with E-state index in [0.717, 1.165) is 16.8 Å². The molecule has 0 aliphatic carbocycles. The third-order valence-electron chi connectivity index (χ3n) is 4.03. The fraction of sp³-hybridized carbons (Fsp3) is 0.263. The Labute approximate surface area is 178 Å². The van der Waals surface area contributed by atoms with Gasteiger partial charge in [0.25, 0.3) is 5.91 Å². The second kappa shape index (κ2) is 8.87. The topological polar surface area (TPSA) is 43.6 Å². The van der Waals surface area contributed by atoms with Crippen LogP contribution in [0.15, 0.2) is 41.4 Å². The van der Waals surface area contributed by atoms with Crippen molar-refractivity contribution in [2.24, 2.45) is 4.99 Å². The van der Waals surface area contributed by atoms with E-state index in [-0.39, 0.29) is 5.56 Å². The van der Waals surface area contributed by atoms with Gasteiger partial charge in [-0.1, -0.05) is 40.6 Å². The largest absolute Gasteiger partial charge is 0.416 e. The minimum Gasteiger partial charge on any atom is -0.380 e. The molecule has 0 aliphatic rings. The molecule has 10 heteroatoms. The van der Waals surface area contributed by atoms with Crippen molar-refractivity contribution in [3.63, 3.8) is 0 Å². The molecule has 0 saturated heterocycles. The second-order valence-electron chi connectivity index (χ2n) is 5.94. The predicted molar refractivity (Wildman–Crippen MR) is 108 cm³/mol. The van der Waals surface area contributed by atoms with Crippen LogP contribution in [-0.2, 0) is 17.5 Å². The van der Waals surface area contributed by atoms with E-state index in [1.807, 2.05) is 6.92 Å². The molecule has 4 nitrogen and oxygen atoms in total. The van der Waals surface area contributed by atoms with Crippen molar-refractivity contribution in [3.8, 4) is 0 Å². The maximum atomic E-state index is 12.9. The normalized spacial score (nSPS) is 12.7. The summed E-state index contributed by atoms with van der Waals surface area (Å²) in [4.78, 5) is 16.9. The molecule has 0 unspecified atom stereocenters. The third-order valence-corrected chi connectivity index (χ3v) is 5.87. The summed E-state index contributed by atoms with van der Waals surface area (Å²) in [6.07, 6.45) is -4.55. The van der Waals surface area contributed by atoms with Crippen molar-refractivity contribution >= 4 is 50.7 Å². The minimum absolute atomic E-state index is 0.155. The molecule has 0 spiro atoms. The molecule has 0 fully saturated rings. The van der Waals surface area contributed by atoms with E-state index < -0.39 is 17.6 Å². The maximum Gasteiger partial charge on any atom is 0.416 e. The van der Waals surface area contributed by atoms with E-state index in [4.69, 9.17) is 27.9 Å². The van der Waals surface area contributed by atoms with Crippen LogP contribution >= 0.6 is 34.5 Å². The molecule has 154 valence electrons. The van der Waals surface area contributed by atoms with E-state index in [1.165, 1.54) is 23.5 Å². The highest BCUT2D eigenvalue weighted by Crippen LogP contribution is 2.32. The molecule has 0 atom stereocenters. The summed E-state index contributed by atoms with van der Waals surface area (Å²) < 4.78 is 46.6. The standard InChI is InChI=1S/C19H15Cl2F3N2O2S/c1-2-28-9-8-26-16-14(7-6-13(20)15(16)21)29-18(26)25-17(27)11-4-3-5-12(10-11)19(22,23)24/h3-7,10H,2,8-9H2,1H3. The number of hydrogen-bond acceptors (Lipinski definition) is 3. The lowest BCUT2D eigenvalue weighted by atomic mass is 10.1. The number of halogens is 5. The summed E-state index contributed by atoms with van der Waals surface area (Å²) in [5, 5.41) is 0.655. The summed E-state index contributed by atoms with van der Waals surface area (Å²) >= 11 is 13.7. The van der Waals surface area contributed by atoms with E-state index in [0.29, 0.717) is 40.1 Å².